The van der Waals surface area contributed by atoms with E-state index in [0.717, 1.165) is 23.0 Å². The van der Waals surface area contributed by atoms with E-state index in [4.69, 9.17) is 4.74 Å². The lowest BCUT2D eigenvalue weighted by Gasteiger charge is -2.39. The zero-order valence-corrected chi connectivity index (χ0v) is 12.7. The standard InChI is InChI=1S/C16H26NO2/c1-6-12-17(4,5)13(2)16(19-14(3)18)15-10-8-7-9-11-15/h7-11,13,16H,6,12H2,1-5H3/q+1/t13-,16+/m0/s1. The maximum atomic E-state index is 11.4. The van der Waals surface area contributed by atoms with E-state index in [-0.39, 0.29) is 18.1 Å². The number of hydrogen-bond acceptors (Lipinski definition) is 2. The number of ether oxygens (including phenoxy) is 1. The lowest BCUT2D eigenvalue weighted by atomic mass is 10.0. The third-order valence-corrected chi connectivity index (χ3v) is 3.76. The molecule has 0 radical (unpaired) electrons. The number of nitrogens with zero attached hydrogens (tertiary/aromatic N) is 1. The molecule has 0 amide bonds. The van der Waals surface area contributed by atoms with E-state index < -0.39 is 0 Å². The van der Waals surface area contributed by atoms with Gasteiger partial charge in [0.1, 0.15) is 6.04 Å². The molecule has 3 heteroatoms. The van der Waals surface area contributed by atoms with Crippen molar-refractivity contribution in [2.75, 3.05) is 20.6 Å². The largest absolute Gasteiger partial charge is 0.451 e. The van der Waals surface area contributed by atoms with Crippen LogP contribution in [0, 0.1) is 0 Å². The second kappa shape index (κ2) is 6.71. The molecule has 0 bridgehead atoms. The van der Waals surface area contributed by atoms with E-state index in [1.165, 1.54) is 6.92 Å². The highest BCUT2D eigenvalue weighted by atomic mass is 16.5. The summed E-state index contributed by atoms with van der Waals surface area (Å²) in [5, 5.41) is 0. The van der Waals surface area contributed by atoms with Gasteiger partial charge in [-0.15, -0.1) is 0 Å². The lowest BCUT2D eigenvalue weighted by molar-refractivity contribution is -0.917. The van der Waals surface area contributed by atoms with Gasteiger partial charge in [-0.25, -0.2) is 0 Å². The number of likely N-dealkylation sites (N-methyl/N-ethyl adjacent to an activating group) is 1. The van der Waals surface area contributed by atoms with Crippen LogP contribution in [-0.4, -0.2) is 37.1 Å². The van der Waals surface area contributed by atoms with Crippen molar-refractivity contribution in [3.8, 4) is 0 Å². The number of benzene rings is 1. The Morgan fingerprint density at radius 1 is 1.26 bits per heavy atom. The zero-order valence-electron chi connectivity index (χ0n) is 12.7. The van der Waals surface area contributed by atoms with Crippen LogP contribution in [-0.2, 0) is 9.53 Å². The third kappa shape index (κ3) is 4.35. The van der Waals surface area contributed by atoms with Crippen molar-refractivity contribution in [2.45, 2.75) is 39.3 Å². The third-order valence-electron chi connectivity index (χ3n) is 3.76. The lowest BCUT2D eigenvalue weighted by Crippen LogP contribution is -2.51. The summed E-state index contributed by atoms with van der Waals surface area (Å²) in [4.78, 5) is 11.4. The van der Waals surface area contributed by atoms with E-state index >= 15 is 0 Å². The number of hydrogen-bond donors (Lipinski definition) is 0. The van der Waals surface area contributed by atoms with Gasteiger partial charge in [-0.1, -0.05) is 37.3 Å². The molecule has 19 heavy (non-hydrogen) atoms. The Morgan fingerprint density at radius 2 is 1.84 bits per heavy atom. The van der Waals surface area contributed by atoms with E-state index in [1.807, 2.05) is 30.3 Å². The summed E-state index contributed by atoms with van der Waals surface area (Å²) < 4.78 is 6.41. The second-order valence-electron chi connectivity index (χ2n) is 5.68. The van der Waals surface area contributed by atoms with Gasteiger partial charge in [-0.2, -0.15) is 0 Å². The van der Waals surface area contributed by atoms with E-state index in [9.17, 15) is 4.79 Å². The summed E-state index contributed by atoms with van der Waals surface area (Å²) >= 11 is 0. The SMILES string of the molecule is CCC[N+](C)(C)[C@@H](C)[C@@H](OC(C)=O)c1ccccc1. The summed E-state index contributed by atoms with van der Waals surface area (Å²) in [6, 6.07) is 10.2. The Morgan fingerprint density at radius 3 is 2.32 bits per heavy atom. The molecule has 0 aliphatic heterocycles. The van der Waals surface area contributed by atoms with Crippen molar-refractivity contribution in [2.24, 2.45) is 0 Å². The molecule has 1 aromatic carbocycles. The van der Waals surface area contributed by atoms with Crippen molar-refractivity contribution < 1.29 is 14.0 Å². The van der Waals surface area contributed by atoms with Crippen LogP contribution < -0.4 is 0 Å². The minimum atomic E-state index is -0.225. The van der Waals surface area contributed by atoms with Crippen LogP contribution in [0.5, 0.6) is 0 Å². The van der Waals surface area contributed by atoms with Gasteiger partial charge < -0.3 is 9.22 Å². The average molecular weight is 264 g/mol. The Bertz CT molecular complexity index is 400. The Kier molecular flexibility index (Phi) is 5.55. The van der Waals surface area contributed by atoms with Crippen molar-refractivity contribution in [1.82, 2.24) is 0 Å². The molecule has 0 aliphatic rings. The highest BCUT2D eigenvalue weighted by Gasteiger charge is 2.34. The Balaban J connectivity index is 3.00. The first-order valence-corrected chi connectivity index (χ1v) is 6.93. The molecule has 2 atom stereocenters. The van der Waals surface area contributed by atoms with Crippen LogP contribution in [0.25, 0.3) is 0 Å². The molecule has 0 spiro atoms. The smallest absolute Gasteiger partial charge is 0.303 e. The van der Waals surface area contributed by atoms with Gasteiger partial charge in [-0.3, -0.25) is 4.79 Å². The molecule has 0 aliphatic carbocycles. The quantitative estimate of drug-likeness (QED) is 0.583. The highest BCUT2D eigenvalue weighted by Crippen LogP contribution is 2.27. The molecule has 0 unspecified atom stereocenters. The first-order chi connectivity index (χ1) is 8.88. The van der Waals surface area contributed by atoms with E-state index in [1.54, 1.807) is 0 Å². The number of carbonyl (C=O) groups excluding carboxylic acids is 1. The van der Waals surface area contributed by atoms with Crippen LogP contribution in [0.1, 0.15) is 38.9 Å². The molecule has 1 rings (SSSR count). The molecule has 3 nitrogen and oxygen atoms in total. The number of quaternary nitrogens is 1. The van der Waals surface area contributed by atoms with Crippen LogP contribution in [0.3, 0.4) is 0 Å². The number of esters is 1. The molecule has 0 saturated heterocycles. The summed E-state index contributed by atoms with van der Waals surface area (Å²) in [6.07, 6.45) is 0.916. The summed E-state index contributed by atoms with van der Waals surface area (Å²) in [5.41, 5.74) is 1.06. The maximum absolute atomic E-state index is 11.4. The van der Waals surface area contributed by atoms with E-state index in [0.29, 0.717) is 0 Å². The fourth-order valence-corrected chi connectivity index (χ4v) is 2.41. The molecule has 0 fully saturated rings. The maximum Gasteiger partial charge on any atom is 0.303 e. The molecule has 106 valence electrons. The second-order valence-corrected chi connectivity index (χ2v) is 5.68. The van der Waals surface area contributed by atoms with Gasteiger partial charge in [0.05, 0.1) is 20.6 Å². The van der Waals surface area contributed by atoms with Gasteiger partial charge in [0.15, 0.2) is 6.10 Å². The normalized spacial score (nSPS) is 14.8. The molecule has 0 N–H and O–H groups in total. The Hall–Kier alpha value is -1.35. The highest BCUT2D eigenvalue weighted by molar-refractivity contribution is 5.66. The number of carbonyl (C=O) groups is 1. The Labute approximate surface area is 116 Å². The monoisotopic (exact) mass is 264 g/mol. The summed E-state index contributed by atoms with van der Waals surface area (Å²) in [7, 11) is 4.38. The van der Waals surface area contributed by atoms with Crippen molar-refractivity contribution in [1.29, 1.82) is 0 Å². The van der Waals surface area contributed by atoms with Gasteiger partial charge in [0, 0.05) is 6.92 Å². The van der Waals surface area contributed by atoms with Crippen molar-refractivity contribution >= 4 is 5.97 Å². The molecule has 0 saturated carbocycles. The van der Waals surface area contributed by atoms with E-state index in [2.05, 4.69) is 27.9 Å². The minimum absolute atomic E-state index is 0.194. The molecular weight excluding hydrogens is 238 g/mol. The van der Waals surface area contributed by atoms with Crippen molar-refractivity contribution in [3.63, 3.8) is 0 Å². The first-order valence-electron chi connectivity index (χ1n) is 6.93. The molecular formula is C16H26NO2+. The fraction of sp³-hybridized carbons (Fsp3) is 0.562. The average Bonchev–Trinajstić information content (AvgIpc) is 2.36. The van der Waals surface area contributed by atoms with Gasteiger partial charge in [0.2, 0.25) is 0 Å². The fourth-order valence-electron chi connectivity index (χ4n) is 2.41. The zero-order chi connectivity index (χ0) is 14.5. The van der Waals surface area contributed by atoms with Crippen LogP contribution >= 0.6 is 0 Å². The van der Waals surface area contributed by atoms with Gasteiger partial charge >= 0.3 is 5.97 Å². The van der Waals surface area contributed by atoms with Crippen LogP contribution in [0.4, 0.5) is 0 Å². The van der Waals surface area contributed by atoms with Crippen LogP contribution in [0.15, 0.2) is 30.3 Å². The minimum Gasteiger partial charge on any atom is -0.451 e. The molecule has 0 heterocycles. The molecule has 1 aromatic rings. The predicted molar refractivity (Wildman–Crippen MR) is 77.7 cm³/mol. The topological polar surface area (TPSA) is 26.3 Å². The summed E-state index contributed by atoms with van der Waals surface area (Å²) in [6.45, 7) is 6.86. The first kappa shape index (κ1) is 15.7. The van der Waals surface area contributed by atoms with Crippen molar-refractivity contribution in [3.05, 3.63) is 35.9 Å². The van der Waals surface area contributed by atoms with Gasteiger partial charge in [0.25, 0.3) is 0 Å². The van der Waals surface area contributed by atoms with Crippen LogP contribution in [0.2, 0.25) is 0 Å². The number of rotatable bonds is 6. The summed E-state index contributed by atoms with van der Waals surface area (Å²) in [5.74, 6) is -0.225. The van der Waals surface area contributed by atoms with Gasteiger partial charge in [-0.05, 0) is 18.9 Å². The predicted octanol–water partition coefficient (Wildman–Crippen LogP) is 3.17. The molecule has 0 aromatic heterocycles.